The molecule has 50 heavy (non-hydrogen) atoms. The number of nitrogens with zero attached hydrogens (tertiary/aromatic N) is 2. The second-order valence-corrected chi connectivity index (χ2v) is 13.6. The van der Waals surface area contributed by atoms with Crippen molar-refractivity contribution in [3.05, 3.63) is 119 Å². The lowest BCUT2D eigenvalue weighted by molar-refractivity contribution is -0.143. The molecule has 2 aliphatic carbocycles. The quantitative estimate of drug-likeness (QED) is 0.200. The second-order valence-electron chi connectivity index (χ2n) is 13.2. The molecular formula is C38H33ClFN3O7. The molecule has 12 heteroatoms. The van der Waals surface area contributed by atoms with Gasteiger partial charge in [-0.05, 0) is 72.7 Å². The van der Waals surface area contributed by atoms with Crippen LogP contribution in [-0.4, -0.2) is 56.3 Å². The largest absolute Gasteiger partial charge is 0.507 e. The lowest BCUT2D eigenvalue weighted by atomic mass is 9.49. The number of anilines is 1. The maximum Gasteiger partial charge on any atom is 0.305 e. The zero-order valence-electron chi connectivity index (χ0n) is 26.7. The van der Waals surface area contributed by atoms with Gasteiger partial charge in [-0.25, -0.2) is 4.39 Å². The molecule has 256 valence electrons. The molecule has 10 nitrogen and oxygen atoms in total. The molecule has 0 bridgehead atoms. The Kier molecular flexibility index (Phi) is 8.34. The summed E-state index contributed by atoms with van der Waals surface area (Å²) in [5.74, 6) is -8.37. The number of benzene rings is 3. The fourth-order valence-electron chi connectivity index (χ4n) is 8.66. The molecule has 7 rings (SSSR count). The highest BCUT2D eigenvalue weighted by Gasteiger charge is 2.70. The number of imide groups is 2. The molecule has 0 radical (unpaired) electrons. The van der Waals surface area contributed by atoms with Gasteiger partial charge in [0.1, 0.15) is 11.6 Å². The third kappa shape index (κ3) is 5.02. The lowest BCUT2D eigenvalue weighted by Crippen LogP contribution is -2.53. The number of allylic oxidation sites excluding steroid dienone is 3. The van der Waals surface area contributed by atoms with Crippen LogP contribution in [0.4, 0.5) is 10.1 Å². The van der Waals surface area contributed by atoms with E-state index in [9.17, 15) is 33.8 Å². The second kappa shape index (κ2) is 12.5. The van der Waals surface area contributed by atoms with Crippen molar-refractivity contribution >= 4 is 46.9 Å². The van der Waals surface area contributed by atoms with Gasteiger partial charge >= 0.3 is 5.97 Å². The van der Waals surface area contributed by atoms with Crippen LogP contribution >= 0.6 is 11.6 Å². The minimum atomic E-state index is -1.65. The summed E-state index contributed by atoms with van der Waals surface area (Å²) in [6.45, 7) is 3.53. The van der Waals surface area contributed by atoms with Crippen molar-refractivity contribution in [3.8, 4) is 5.75 Å². The van der Waals surface area contributed by atoms with Gasteiger partial charge in [0.25, 0.3) is 11.8 Å². The van der Waals surface area contributed by atoms with Gasteiger partial charge in [0.2, 0.25) is 11.8 Å². The molecular weight excluding hydrogens is 665 g/mol. The van der Waals surface area contributed by atoms with Crippen LogP contribution in [0.5, 0.6) is 5.75 Å². The number of hydrogen-bond acceptors (Lipinski definition) is 7. The normalized spacial score (nSPS) is 27.1. The van der Waals surface area contributed by atoms with Crippen molar-refractivity contribution in [1.82, 2.24) is 9.91 Å². The van der Waals surface area contributed by atoms with Crippen LogP contribution in [0.3, 0.4) is 0 Å². The predicted octanol–water partition coefficient (Wildman–Crippen LogP) is 5.37. The minimum absolute atomic E-state index is 0.0111. The molecule has 3 N–H and O–H groups in total. The lowest BCUT2D eigenvalue weighted by Gasteiger charge is -2.50. The molecule has 3 aromatic rings. The van der Waals surface area contributed by atoms with Crippen LogP contribution in [-0.2, 0) is 35.8 Å². The minimum Gasteiger partial charge on any atom is -0.507 e. The van der Waals surface area contributed by atoms with Crippen LogP contribution in [0.15, 0.2) is 91.0 Å². The Morgan fingerprint density at radius 2 is 1.72 bits per heavy atom. The summed E-state index contributed by atoms with van der Waals surface area (Å²) in [7, 11) is 0. The summed E-state index contributed by atoms with van der Waals surface area (Å²) >= 11 is 6.32. The van der Waals surface area contributed by atoms with Crippen molar-refractivity contribution < 1.29 is 38.6 Å². The monoisotopic (exact) mass is 697 g/mol. The number of nitrogens with one attached hydrogen (secondary N) is 1. The van der Waals surface area contributed by atoms with Crippen LogP contribution in [0.25, 0.3) is 0 Å². The Hall–Kier alpha value is -5.29. The Bertz CT molecular complexity index is 1980. The van der Waals surface area contributed by atoms with Crippen molar-refractivity contribution in [1.29, 1.82) is 0 Å². The summed E-state index contributed by atoms with van der Waals surface area (Å²) in [6, 6.07) is 17.0. The number of hydrogen-bond donors (Lipinski definition) is 3. The van der Waals surface area contributed by atoms with E-state index in [0.29, 0.717) is 33.7 Å². The number of carbonyl (C=O) groups is 5. The first-order valence-corrected chi connectivity index (χ1v) is 16.7. The highest BCUT2D eigenvalue weighted by Crippen LogP contribution is 2.65. The molecule has 4 aliphatic rings. The first kappa shape index (κ1) is 33.2. The Morgan fingerprint density at radius 1 is 1.00 bits per heavy atom. The molecule has 0 unspecified atom stereocenters. The molecule has 0 aromatic heterocycles. The number of phenolic OH excluding ortho intramolecular Hbond substituents is 1. The van der Waals surface area contributed by atoms with E-state index in [-0.39, 0.29) is 30.8 Å². The van der Waals surface area contributed by atoms with E-state index in [2.05, 4.69) is 12.0 Å². The van der Waals surface area contributed by atoms with E-state index in [1.165, 1.54) is 24.3 Å². The molecule has 2 heterocycles. The fraction of sp³-hybridized carbons (Fsp3) is 0.289. The number of carboxylic acid groups (broad SMARTS) is 1. The summed E-state index contributed by atoms with van der Waals surface area (Å²) in [5, 5.41) is 22.5. The van der Waals surface area contributed by atoms with E-state index in [0.717, 1.165) is 9.91 Å². The van der Waals surface area contributed by atoms with E-state index in [1.807, 2.05) is 6.08 Å². The van der Waals surface area contributed by atoms with Gasteiger partial charge in [-0.15, -0.1) is 6.58 Å². The Morgan fingerprint density at radius 3 is 2.40 bits per heavy atom. The van der Waals surface area contributed by atoms with Gasteiger partial charge in [-0.1, -0.05) is 59.7 Å². The van der Waals surface area contributed by atoms with Crippen LogP contribution in [0, 0.1) is 29.5 Å². The molecule has 3 aromatic carbocycles. The van der Waals surface area contributed by atoms with Crippen molar-refractivity contribution in [3.63, 3.8) is 0 Å². The number of rotatable bonds is 9. The summed E-state index contributed by atoms with van der Waals surface area (Å²) < 4.78 is 13.8. The van der Waals surface area contributed by atoms with Crippen LogP contribution < -0.4 is 5.43 Å². The maximum absolute atomic E-state index is 15.2. The molecule has 2 saturated heterocycles. The fourth-order valence-corrected chi connectivity index (χ4v) is 8.78. The average Bonchev–Trinajstić information content (AvgIpc) is 3.46. The van der Waals surface area contributed by atoms with E-state index in [4.69, 9.17) is 11.6 Å². The zero-order chi connectivity index (χ0) is 35.5. The van der Waals surface area contributed by atoms with Crippen molar-refractivity contribution in [2.45, 2.75) is 37.0 Å². The van der Waals surface area contributed by atoms with E-state index >= 15 is 4.79 Å². The van der Waals surface area contributed by atoms with Gasteiger partial charge in [-0.3, -0.25) is 34.3 Å². The van der Waals surface area contributed by atoms with Gasteiger partial charge in [-0.2, -0.15) is 5.01 Å². The average molecular weight is 698 g/mol. The summed E-state index contributed by atoms with van der Waals surface area (Å²) in [5.41, 5.74) is 3.53. The molecule has 2 aliphatic heterocycles. The topological polar surface area (TPSA) is 144 Å². The standard InChI is InChI=1S/C38H33ClFN3O7/c1-2-4-20-5-3-6-27(33(20)46)32-25-15-16-26-31(36(49)42(34(26)47)18-17-30(44)45)28(25)19-29-35(48)43(41-24-13-11-23(40)12-14-24)37(50)38(29,32)21-7-9-22(39)10-8-21/h2-3,5-15,26,28-29,31-32,41,46H,1,4,16-19H2,(H,44,45)/t26-,28+,29-,31-,32+,38+/m0/s1. The summed E-state index contributed by atoms with van der Waals surface area (Å²) in [4.78, 5) is 69.8. The van der Waals surface area contributed by atoms with Crippen molar-refractivity contribution in [2.75, 3.05) is 12.0 Å². The first-order chi connectivity index (χ1) is 24.0. The smallest absolute Gasteiger partial charge is 0.305 e. The Labute approximate surface area is 291 Å². The maximum atomic E-state index is 15.2. The third-order valence-corrected chi connectivity index (χ3v) is 11.0. The number of likely N-dealkylation sites (tertiary alicyclic amines) is 1. The van der Waals surface area contributed by atoms with Crippen molar-refractivity contribution in [2.24, 2.45) is 23.7 Å². The highest BCUT2D eigenvalue weighted by molar-refractivity contribution is 6.30. The van der Waals surface area contributed by atoms with Gasteiger partial charge < -0.3 is 10.2 Å². The van der Waals surface area contributed by atoms with E-state index < -0.39 is 76.8 Å². The molecule has 1 saturated carbocycles. The van der Waals surface area contributed by atoms with Gasteiger partial charge in [0.15, 0.2) is 0 Å². The summed E-state index contributed by atoms with van der Waals surface area (Å²) in [6.07, 6.45) is 3.55. The molecule has 6 atom stereocenters. The molecule has 0 spiro atoms. The van der Waals surface area contributed by atoms with Crippen LogP contribution in [0.1, 0.15) is 41.9 Å². The number of aliphatic carboxylic acids is 1. The third-order valence-electron chi connectivity index (χ3n) is 10.7. The van der Waals surface area contributed by atoms with E-state index in [1.54, 1.807) is 48.5 Å². The number of carbonyl (C=O) groups excluding carboxylic acids is 4. The number of fused-ring (bicyclic) bond motifs is 4. The Balaban J connectivity index is 1.45. The number of phenols is 1. The van der Waals surface area contributed by atoms with Crippen LogP contribution in [0.2, 0.25) is 5.02 Å². The number of para-hydroxylation sites is 1. The number of amides is 4. The number of aromatic hydroxyl groups is 1. The highest BCUT2D eigenvalue weighted by atomic mass is 35.5. The predicted molar refractivity (Wildman–Crippen MR) is 180 cm³/mol. The molecule has 4 amide bonds. The number of halogens is 2. The molecule has 3 fully saturated rings. The first-order valence-electron chi connectivity index (χ1n) is 16.3. The van der Waals surface area contributed by atoms with Gasteiger partial charge in [0.05, 0.1) is 35.3 Å². The van der Waals surface area contributed by atoms with Gasteiger partial charge in [0, 0.05) is 23.0 Å². The number of hydrazine groups is 1. The number of carboxylic acids is 1. The SMILES string of the molecule is C=CCc1cccc([C@H]2C3=CC[C@@H]4C(=O)N(CCC(=O)O)C(=O)[C@@H]4[C@@H]3C[C@H]3C(=O)N(Nc4ccc(F)cc4)C(=O)[C@@]23c2ccc(Cl)cc2)c1O. The zero-order valence-corrected chi connectivity index (χ0v) is 27.5.